The fraction of sp³-hybridized carbons (Fsp3) is 0.375. The summed E-state index contributed by atoms with van der Waals surface area (Å²) in [5.74, 6) is -0.0327. The number of aromatic amines is 1. The van der Waals surface area contributed by atoms with Gasteiger partial charge in [0.05, 0.1) is 0 Å². The molecule has 0 spiro atoms. The number of nitrogens with zero attached hydrogens (tertiary/aromatic N) is 1. The molecular weight excluding hydrogens is 154 g/mol. The molecule has 0 atom stereocenters. The van der Waals surface area contributed by atoms with Crippen molar-refractivity contribution in [2.45, 2.75) is 6.54 Å². The van der Waals surface area contributed by atoms with Gasteiger partial charge in [-0.3, -0.25) is 4.79 Å². The first-order chi connectivity index (χ1) is 5.65. The molecule has 0 fully saturated rings. The summed E-state index contributed by atoms with van der Waals surface area (Å²) >= 11 is 0. The fourth-order valence-electron chi connectivity index (χ4n) is 0.921. The number of hydrogen-bond acceptors (Lipinski definition) is 2. The third-order valence-electron chi connectivity index (χ3n) is 1.62. The summed E-state index contributed by atoms with van der Waals surface area (Å²) in [6, 6.07) is 1.77. The third-order valence-corrected chi connectivity index (χ3v) is 1.62. The van der Waals surface area contributed by atoms with Gasteiger partial charge in [0.1, 0.15) is 5.69 Å². The Hall–Kier alpha value is -1.29. The molecule has 1 aromatic rings. The number of carbonyl (C=O) groups is 1. The van der Waals surface area contributed by atoms with E-state index in [1.54, 1.807) is 26.4 Å². The zero-order valence-electron chi connectivity index (χ0n) is 7.29. The van der Waals surface area contributed by atoms with Crippen molar-refractivity contribution < 1.29 is 4.79 Å². The zero-order valence-corrected chi connectivity index (χ0v) is 7.29. The SMILES string of the molecule is CN(C)C(=O)c1cc(CN)c[nH]1. The normalized spacial score (nSPS) is 9.92. The minimum atomic E-state index is -0.0327. The van der Waals surface area contributed by atoms with Crippen LogP contribution in [-0.4, -0.2) is 29.9 Å². The molecule has 0 aromatic carbocycles. The van der Waals surface area contributed by atoms with Crippen LogP contribution in [0.2, 0.25) is 0 Å². The van der Waals surface area contributed by atoms with Crippen molar-refractivity contribution in [3.8, 4) is 0 Å². The molecule has 0 bridgehead atoms. The number of hydrogen-bond donors (Lipinski definition) is 2. The lowest BCUT2D eigenvalue weighted by molar-refractivity contribution is 0.0822. The van der Waals surface area contributed by atoms with Gasteiger partial charge >= 0.3 is 0 Å². The highest BCUT2D eigenvalue weighted by Crippen LogP contribution is 2.03. The zero-order chi connectivity index (χ0) is 9.14. The van der Waals surface area contributed by atoms with Gasteiger partial charge in [-0.2, -0.15) is 0 Å². The highest BCUT2D eigenvalue weighted by atomic mass is 16.2. The fourth-order valence-corrected chi connectivity index (χ4v) is 0.921. The molecule has 1 rings (SSSR count). The van der Waals surface area contributed by atoms with Crippen molar-refractivity contribution in [3.05, 3.63) is 23.5 Å². The third kappa shape index (κ3) is 1.65. The molecule has 0 aliphatic heterocycles. The molecule has 0 unspecified atom stereocenters. The van der Waals surface area contributed by atoms with E-state index in [1.807, 2.05) is 0 Å². The maximum absolute atomic E-state index is 11.3. The van der Waals surface area contributed by atoms with Crippen LogP contribution in [0.25, 0.3) is 0 Å². The molecule has 3 N–H and O–H groups in total. The smallest absolute Gasteiger partial charge is 0.269 e. The lowest BCUT2D eigenvalue weighted by Gasteiger charge is -2.07. The Labute approximate surface area is 71.4 Å². The van der Waals surface area contributed by atoms with Crippen molar-refractivity contribution >= 4 is 5.91 Å². The standard InChI is InChI=1S/C8H13N3O/c1-11(2)8(12)7-3-6(4-9)5-10-7/h3,5,10H,4,9H2,1-2H3. The topological polar surface area (TPSA) is 62.1 Å². The monoisotopic (exact) mass is 167 g/mol. The highest BCUT2D eigenvalue weighted by molar-refractivity contribution is 5.92. The highest BCUT2D eigenvalue weighted by Gasteiger charge is 2.09. The summed E-state index contributed by atoms with van der Waals surface area (Å²) in [5.41, 5.74) is 6.92. The van der Waals surface area contributed by atoms with E-state index in [2.05, 4.69) is 4.98 Å². The van der Waals surface area contributed by atoms with Gasteiger partial charge < -0.3 is 15.6 Å². The van der Waals surface area contributed by atoms with E-state index in [4.69, 9.17) is 5.73 Å². The number of rotatable bonds is 2. The van der Waals surface area contributed by atoms with Crippen LogP contribution in [0.1, 0.15) is 16.1 Å². The maximum atomic E-state index is 11.3. The summed E-state index contributed by atoms with van der Waals surface area (Å²) in [6.07, 6.45) is 1.75. The van der Waals surface area contributed by atoms with Gasteiger partial charge in [-0.25, -0.2) is 0 Å². The van der Waals surface area contributed by atoms with Crippen LogP contribution < -0.4 is 5.73 Å². The minimum absolute atomic E-state index is 0.0327. The lowest BCUT2D eigenvalue weighted by Crippen LogP contribution is -2.21. The van der Waals surface area contributed by atoms with E-state index in [0.717, 1.165) is 5.56 Å². The van der Waals surface area contributed by atoms with Crippen LogP contribution >= 0.6 is 0 Å². The first kappa shape index (κ1) is 8.80. The summed E-state index contributed by atoms with van der Waals surface area (Å²) < 4.78 is 0. The molecule has 4 nitrogen and oxygen atoms in total. The Morgan fingerprint density at radius 3 is 2.75 bits per heavy atom. The largest absolute Gasteiger partial charge is 0.357 e. The molecule has 4 heteroatoms. The predicted octanol–water partition coefficient (Wildman–Crippen LogP) is 0.175. The van der Waals surface area contributed by atoms with Gasteiger partial charge in [0.2, 0.25) is 0 Å². The van der Waals surface area contributed by atoms with Gasteiger partial charge in [0.25, 0.3) is 5.91 Å². The molecule has 0 radical (unpaired) electrons. The van der Waals surface area contributed by atoms with E-state index >= 15 is 0 Å². The second-order valence-electron chi connectivity index (χ2n) is 2.83. The molecule has 1 amide bonds. The van der Waals surface area contributed by atoms with Crippen molar-refractivity contribution in [2.75, 3.05) is 14.1 Å². The number of aromatic nitrogens is 1. The molecule has 12 heavy (non-hydrogen) atoms. The molecule has 0 saturated heterocycles. The quantitative estimate of drug-likeness (QED) is 0.659. The summed E-state index contributed by atoms with van der Waals surface area (Å²) in [5, 5.41) is 0. The van der Waals surface area contributed by atoms with E-state index in [1.165, 1.54) is 4.90 Å². The summed E-state index contributed by atoms with van der Waals surface area (Å²) in [7, 11) is 3.43. The Balaban J connectivity index is 2.82. The number of carbonyl (C=O) groups excluding carboxylic acids is 1. The Kier molecular flexibility index (Phi) is 2.50. The van der Waals surface area contributed by atoms with E-state index < -0.39 is 0 Å². The van der Waals surface area contributed by atoms with E-state index in [0.29, 0.717) is 12.2 Å². The molecular formula is C8H13N3O. The number of H-pyrrole nitrogens is 1. The Morgan fingerprint density at radius 2 is 2.33 bits per heavy atom. The van der Waals surface area contributed by atoms with Crippen LogP contribution in [0.5, 0.6) is 0 Å². The van der Waals surface area contributed by atoms with E-state index in [-0.39, 0.29) is 5.91 Å². The van der Waals surface area contributed by atoms with E-state index in [9.17, 15) is 4.79 Å². The molecule has 1 aromatic heterocycles. The van der Waals surface area contributed by atoms with Crippen LogP contribution in [-0.2, 0) is 6.54 Å². The van der Waals surface area contributed by atoms with Gasteiger partial charge in [-0.15, -0.1) is 0 Å². The predicted molar refractivity (Wildman–Crippen MR) is 46.7 cm³/mol. The second-order valence-corrected chi connectivity index (χ2v) is 2.83. The first-order valence-corrected chi connectivity index (χ1v) is 3.74. The number of amides is 1. The average Bonchev–Trinajstić information content (AvgIpc) is 2.50. The minimum Gasteiger partial charge on any atom is -0.357 e. The number of nitrogens with two attached hydrogens (primary N) is 1. The second kappa shape index (κ2) is 3.40. The molecule has 66 valence electrons. The summed E-state index contributed by atoms with van der Waals surface area (Å²) in [4.78, 5) is 15.7. The number of nitrogens with one attached hydrogen (secondary N) is 1. The maximum Gasteiger partial charge on any atom is 0.269 e. The van der Waals surface area contributed by atoms with Crippen LogP contribution in [0.4, 0.5) is 0 Å². The first-order valence-electron chi connectivity index (χ1n) is 3.74. The van der Waals surface area contributed by atoms with Crippen molar-refractivity contribution in [2.24, 2.45) is 5.73 Å². The van der Waals surface area contributed by atoms with Crippen LogP contribution in [0, 0.1) is 0 Å². The molecule has 0 saturated carbocycles. The van der Waals surface area contributed by atoms with Crippen molar-refractivity contribution in [3.63, 3.8) is 0 Å². The van der Waals surface area contributed by atoms with Crippen molar-refractivity contribution in [1.82, 2.24) is 9.88 Å². The van der Waals surface area contributed by atoms with Crippen LogP contribution in [0.3, 0.4) is 0 Å². The van der Waals surface area contributed by atoms with Gasteiger partial charge in [0, 0.05) is 26.8 Å². The molecule has 0 aliphatic rings. The molecule has 1 heterocycles. The van der Waals surface area contributed by atoms with Gasteiger partial charge in [0.15, 0.2) is 0 Å². The average molecular weight is 167 g/mol. The Bertz CT molecular complexity index is 278. The Morgan fingerprint density at radius 1 is 1.67 bits per heavy atom. The lowest BCUT2D eigenvalue weighted by atomic mass is 10.3. The van der Waals surface area contributed by atoms with Crippen LogP contribution in [0.15, 0.2) is 12.3 Å². The van der Waals surface area contributed by atoms with Crippen molar-refractivity contribution in [1.29, 1.82) is 0 Å². The van der Waals surface area contributed by atoms with Gasteiger partial charge in [-0.05, 0) is 11.6 Å². The molecule has 0 aliphatic carbocycles. The van der Waals surface area contributed by atoms with Gasteiger partial charge in [-0.1, -0.05) is 0 Å². The summed E-state index contributed by atoms with van der Waals surface area (Å²) in [6.45, 7) is 0.456.